The monoisotopic (exact) mass is 276 g/mol. The minimum Gasteiger partial charge on any atom is -0.493 e. The molecule has 0 aliphatic carbocycles. The van der Waals surface area contributed by atoms with E-state index in [0.717, 1.165) is 37.7 Å². The van der Waals surface area contributed by atoms with Gasteiger partial charge in [0.25, 0.3) is 0 Å². The SMILES string of the molecule is COc1cc(C2CCNCC2)ccc1OC1CN(C)C1. The molecular weight excluding hydrogens is 252 g/mol. The fourth-order valence-electron chi connectivity index (χ4n) is 3.09. The van der Waals surface area contributed by atoms with Crippen molar-refractivity contribution in [3.05, 3.63) is 23.8 Å². The van der Waals surface area contributed by atoms with Crippen LogP contribution in [0.1, 0.15) is 24.3 Å². The molecule has 1 aromatic rings. The standard InChI is InChI=1S/C16H24N2O2/c1-18-10-14(11-18)20-15-4-3-13(9-16(15)19-2)12-5-7-17-8-6-12/h3-4,9,12,14,17H,5-8,10-11H2,1-2H3. The van der Waals surface area contributed by atoms with Gasteiger partial charge in [0.1, 0.15) is 6.10 Å². The van der Waals surface area contributed by atoms with Gasteiger partial charge in [0, 0.05) is 13.1 Å². The number of piperidine rings is 1. The number of hydrogen-bond acceptors (Lipinski definition) is 4. The number of hydrogen-bond donors (Lipinski definition) is 1. The minimum absolute atomic E-state index is 0.304. The van der Waals surface area contributed by atoms with E-state index < -0.39 is 0 Å². The number of methoxy groups -OCH3 is 1. The number of nitrogens with one attached hydrogen (secondary N) is 1. The molecule has 2 aliphatic rings. The largest absolute Gasteiger partial charge is 0.493 e. The van der Waals surface area contributed by atoms with Crippen LogP contribution in [0.2, 0.25) is 0 Å². The lowest BCUT2D eigenvalue weighted by molar-refractivity contribution is 0.0369. The van der Waals surface area contributed by atoms with Gasteiger partial charge in [-0.25, -0.2) is 0 Å². The van der Waals surface area contributed by atoms with Gasteiger partial charge in [0.15, 0.2) is 11.5 Å². The molecule has 1 N–H and O–H groups in total. The van der Waals surface area contributed by atoms with E-state index in [0.29, 0.717) is 12.0 Å². The quantitative estimate of drug-likeness (QED) is 0.910. The first kappa shape index (κ1) is 13.7. The van der Waals surface area contributed by atoms with Gasteiger partial charge >= 0.3 is 0 Å². The first-order valence-electron chi connectivity index (χ1n) is 7.50. The van der Waals surface area contributed by atoms with Gasteiger partial charge in [-0.1, -0.05) is 6.07 Å². The Kier molecular flexibility index (Phi) is 4.13. The second-order valence-corrected chi connectivity index (χ2v) is 5.90. The summed E-state index contributed by atoms with van der Waals surface area (Å²) < 4.78 is 11.5. The Bertz CT molecular complexity index is 452. The second-order valence-electron chi connectivity index (χ2n) is 5.90. The molecule has 2 heterocycles. The number of likely N-dealkylation sites (tertiary alicyclic amines) is 1. The van der Waals surface area contributed by atoms with E-state index in [1.807, 2.05) is 0 Å². The van der Waals surface area contributed by atoms with Crippen LogP contribution >= 0.6 is 0 Å². The van der Waals surface area contributed by atoms with E-state index in [9.17, 15) is 0 Å². The van der Waals surface area contributed by atoms with Crippen LogP contribution in [0.15, 0.2) is 18.2 Å². The van der Waals surface area contributed by atoms with Crippen molar-refractivity contribution in [2.45, 2.75) is 24.9 Å². The maximum absolute atomic E-state index is 6.01. The molecule has 20 heavy (non-hydrogen) atoms. The number of ether oxygens (including phenoxy) is 2. The van der Waals surface area contributed by atoms with Crippen LogP contribution in [-0.4, -0.2) is 51.3 Å². The smallest absolute Gasteiger partial charge is 0.161 e. The van der Waals surface area contributed by atoms with Crippen molar-refractivity contribution >= 4 is 0 Å². The highest BCUT2D eigenvalue weighted by Gasteiger charge is 2.26. The maximum atomic E-state index is 6.01. The minimum atomic E-state index is 0.304. The number of likely N-dealkylation sites (N-methyl/N-ethyl adjacent to an activating group) is 1. The lowest BCUT2D eigenvalue weighted by Gasteiger charge is -2.36. The number of nitrogens with zero attached hydrogens (tertiary/aromatic N) is 1. The zero-order valence-corrected chi connectivity index (χ0v) is 12.4. The van der Waals surface area contributed by atoms with Crippen molar-refractivity contribution in [3.8, 4) is 11.5 Å². The Hall–Kier alpha value is -1.26. The third-order valence-electron chi connectivity index (χ3n) is 4.32. The van der Waals surface area contributed by atoms with Gasteiger partial charge < -0.3 is 14.8 Å². The summed E-state index contributed by atoms with van der Waals surface area (Å²) in [4.78, 5) is 2.25. The van der Waals surface area contributed by atoms with Gasteiger partial charge in [-0.15, -0.1) is 0 Å². The summed E-state index contributed by atoms with van der Waals surface area (Å²) in [6, 6.07) is 6.44. The predicted molar refractivity (Wildman–Crippen MR) is 79.8 cm³/mol. The third kappa shape index (κ3) is 2.91. The Morgan fingerprint density at radius 3 is 2.55 bits per heavy atom. The van der Waals surface area contributed by atoms with Crippen LogP contribution in [-0.2, 0) is 0 Å². The van der Waals surface area contributed by atoms with Gasteiger partial charge in [-0.3, -0.25) is 4.90 Å². The maximum Gasteiger partial charge on any atom is 0.161 e. The zero-order valence-electron chi connectivity index (χ0n) is 12.4. The van der Waals surface area contributed by atoms with Crippen molar-refractivity contribution in [2.24, 2.45) is 0 Å². The Morgan fingerprint density at radius 2 is 1.90 bits per heavy atom. The van der Waals surface area contributed by atoms with Crippen molar-refractivity contribution in [3.63, 3.8) is 0 Å². The van der Waals surface area contributed by atoms with Crippen LogP contribution in [0.5, 0.6) is 11.5 Å². The summed E-state index contributed by atoms with van der Waals surface area (Å²) in [5.74, 6) is 2.40. The van der Waals surface area contributed by atoms with Crippen LogP contribution in [0, 0.1) is 0 Å². The molecule has 2 fully saturated rings. The molecule has 0 spiro atoms. The molecular formula is C16H24N2O2. The zero-order chi connectivity index (χ0) is 13.9. The van der Waals surface area contributed by atoms with Crippen LogP contribution in [0.3, 0.4) is 0 Å². The van der Waals surface area contributed by atoms with Crippen LogP contribution in [0.4, 0.5) is 0 Å². The number of rotatable bonds is 4. The van der Waals surface area contributed by atoms with Gasteiger partial charge in [-0.2, -0.15) is 0 Å². The Labute approximate surface area is 121 Å². The topological polar surface area (TPSA) is 33.7 Å². The fraction of sp³-hybridized carbons (Fsp3) is 0.625. The van der Waals surface area contributed by atoms with E-state index >= 15 is 0 Å². The first-order valence-corrected chi connectivity index (χ1v) is 7.50. The first-order chi connectivity index (χ1) is 9.76. The summed E-state index contributed by atoms with van der Waals surface area (Å²) in [6.07, 6.45) is 2.71. The molecule has 0 atom stereocenters. The van der Waals surface area contributed by atoms with Crippen molar-refractivity contribution < 1.29 is 9.47 Å². The fourth-order valence-corrected chi connectivity index (χ4v) is 3.09. The van der Waals surface area contributed by atoms with Crippen molar-refractivity contribution in [2.75, 3.05) is 40.3 Å². The van der Waals surface area contributed by atoms with E-state index in [1.165, 1.54) is 18.4 Å². The molecule has 2 aliphatic heterocycles. The van der Waals surface area contributed by atoms with Gasteiger partial charge in [0.05, 0.1) is 7.11 Å². The molecule has 0 aromatic heterocycles. The molecule has 4 nitrogen and oxygen atoms in total. The van der Waals surface area contributed by atoms with Gasteiger partial charge in [-0.05, 0) is 56.6 Å². The third-order valence-corrected chi connectivity index (χ3v) is 4.32. The second kappa shape index (κ2) is 6.02. The number of benzene rings is 1. The lowest BCUT2D eigenvalue weighted by atomic mass is 9.90. The average molecular weight is 276 g/mol. The molecule has 110 valence electrons. The lowest BCUT2D eigenvalue weighted by Crippen LogP contribution is -2.51. The summed E-state index contributed by atoms with van der Waals surface area (Å²) in [6.45, 7) is 4.22. The molecule has 4 heteroatoms. The van der Waals surface area contributed by atoms with Crippen molar-refractivity contribution in [1.82, 2.24) is 10.2 Å². The molecule has 0 bridgehead atoms. The van der Waals surface area contributed by atoms with Crippen molar-refractivity contribution in [1.29, 1.82) is 0 Å². The Morgan fingerprint density at radius 1 is 1.15 bits per heavy atom. The molecule has 1 aromatic carbocycles. The molecule has 0 amide bonds. The van der Waals surface area contributed by atoms with E-state index in [4.69, 9.17) is 9.47 Å². The summed E-state index contributed by atoms with van der Waals surface area (Å²) >= 11 is 0. The summed E-state index contributed by atoms with van der Waals surface area (Å²) in [5.41, 5.74) is 1.38. The molecule has 0 radical (unpaired) electrons. The van der Waals surface area contributed by atoms with Crippen LogP contribution in [0.25, 0.3) is 0 Å². The molecule has 0 saturated carbocycles. The molecule has 2 saturated heterocycles. The average Bonchev–Trinajstić information content (AvgIpc) is 2.47. The predicted octanol–water partition coefficient (Wildman–Crippen LogP) is 1.85. The molecule has 3 rings (SSSR count). The van der Waals surface area contributed by atoms with E-state index in [1.54, 1.807) is 7.11 Å². The highest BCUT2D eigenvalue weighted by atomic mass is 16.5. The summed E-state index contributed by atoms with van der Waals surface area (Å²) in [5, 5.41) is 3.41. The van der Waals surface area contributed by atoms with E-state index in [-0.39, 0.29) is 0 Å². The van der Waals surface area contributed by atoms with E-state index in [2.05, 4.69) is 35.5 Å². The van der Waals surface area contributed by atoms with Crippen LogP contribution < -0.4 is 14.8 Å². The highest BCUT2D eigenvalue weighted by molar-refractivity contribution is 5.44. The highest BCUT2D eigenvalue weighted by Crippen LogP contribution is 2.34. The van der Waals surface area contributed by atoms with Gasteiger partial charge in [0.2, 0.25) is 0 Å². The Balaban J connectivity index is 1.71. The normalized spacial score (nSPS) is 21.5. The molecule has 0 unspecified atom stereocenters. The summed E-state index contributed by atoms with van der Waals surface area (Å²) in [7, 11) is 3.83.